The fourth-order valence-electron chi connectivity index (χ4n) is 2.13. The standard InChI is InChI=1S/C13H15ClN2O/c14-11-7-10(8-15)3-4-12(11)17-9-13(16)5-1-2-6-13/h3-4,7H,1-2,5-6,9,16H2. The summed E-state index contributed by atoms with van der Waals surface area (Å²) in [7, 11) is 0. The van der Waals surface area contributed by atoms with Crippen molar-refractivity contribution in [3.63, 3.8) is 0 Å². The van der Waals surface area contributed by atoms with Crippen molar-refractivity contribution in [2.45, 2.75) is 31.2 Å². The molecule has 0 heterocycles. The van der Waals surface area contributed by atoms with E-state index >= 15 is 0 Å². The Labute approximate surface area is 106 Å². The molecule has 1 saturated carbocycles. The molecule has 1 fully saturated rings. The summed E-state index contributed by atoms with van der Waals surface area (Å²) < 4.78 is 5.66. The van der Waals surface area contributed by atoms with Gasteiger partial charge in [-0.05, 0) is 31.0 Å². The number of halogens is 1. The van der Waals surface area contributed by atoms with E-state index in [1.807, 2.05) is 6.07 Å². The molecule has 0 amide bonds. The van der Waals surface area contributed by atoms with Crippen molar-refractivity contribution in [3.8, 4) is 11.8 Å². The topological polar surface area (TPSA) is 59.0 Å². The first kappa shape index (κ1) is 12.2. The lowest BCUT2D eigenvalue weighted by Crippen LogP contribution is -2.42. The third-order valence-electron chi connectivity index (χ3n) is 3.18. The van der Waals surface area contributed by atoms with Crippen molar-refractivity contribution < 1.29 is 4.74 Å². The molecule has 0 atom stereocenters. The molecule has 0 bridgehead atoms. The van der Waals surface area contributed by atoms with E-state index in [1.165, 1.54) is 12.8 Å². The molecule has 2 N–H and O–H groups in total. The highest BCUT2D eigenvalue weighted by molar-refractivity contribution is 6.32. The van der Waals surface area contributed by atoms with Crippen LogP contribution in [0, 0.1) is 11.3 Å². The van der Waals surface area contributed by atoms with Crippen molar-refractivity contribution in [1.29, 1.82) is 5.26 Å². The Hall–Kier alpha value is -1.24. The summed E-state index contributed by atoms with van der Waals surface area (Å²) in [5.41, 5.74) is 6.51. The van der Waals surface area contributed by atoms with Crippen LogP contribution in [-0.2, 0) is 0 Å². The molecule has 3 nitrogen and oxygen atoms in total. The Bertz CT molecular complexity index is 447. The summed E-state index contributed by atoms with van der Waals surface area (Å²) in [5, 5.41) is 9.19. The molecule has 1 aromatic rings. The van der Waals surface area contributed by atoms with Crippen LogP contribution in [0.5, 0.6) is 5.75 Å². The molecule has 90 valence electrons. The molecule has 1 aliphatic rings. The molecule has 0 radical (unpaired) electrons. The minimum absolute atomic E-state index is 0.211. The molecule has 1 aromatic carbocycles. The Balaban J connectivity index is 2.02. The van der Waals surface area contributed by atoms with Crippen LogP contribution < -0.4 is 10.5 Å². The van der Waals surface area contributed by atoms with Gasteiger partial charge in [0, 0.05) is 0 Å². The normalized spacial score (nSPS) is 17.7. The number of nitrogens with two attached hydrogens (primary N) is 1. The second-order valence-corrected chi connectivity index (χ2v) is 5.02. The maximum atomic E-state index is 8.73. The first-order valence-corrected chi connectivity index (χ1v) is 6.12. The highest BCUT2D eigenvalue weighted by Crippen LogP contribution is 2.30. The van der Waals surface area contributed by atoms with Crippen molar-refractivity contribution in [2.24, 2.45) is 5.73 Å². The number of hydrogen-bond donors (Lipinski definition) is 1. The van der Waals surface area contributed by atoms with Crippen molar-refractivity contribution in [3.05, 3.63) is 28.8 Å². The third kappa shape index (κ3) is 2.91. The summed E-state index contributed by atoms with van der Waals surface area (Å²) >= 11 is 6.02. The number of nitrogens with zero attached hydrogens (tertiary/aromatic N) is 1. The second-order valence-electron chi connectivity index (χ2n) is 4.62. The fraction of sp³-hybridized carbons (Fsp3) is 0.462. The van der Waals surface area contributed by atoms with E-state index in [-0.39, 0.29) is 5.54 Å². The van der Waals surface area contributed by atoms with Gasteiger partial charge in [0.15, 0.2) is 0 Å². The highest BCUT2D eigenvalue weighted by Gasteiger charge is 2.30. The first-order valence-electron chi connectivity index (χ1n) is 5.74. The first-order chi connectivity index (χ1) is 8.13. The third-order valence-corrected chi connectivity index (χ3v) is 3.47. The van der Waals surface area contributed by atoms with E-state index in [0.717, 1.165) is 12.8 Å². The highest BCUT2D eigenvalue weighted by atomic mass is 35.5. The minimum Gasteiger partial charge on any atom is -0.490 e. The SMILES string of the molecule is N#Cc1ccc(OCC2(N)CCCC2)c(Cl)c1. The predicted molar refractivity (Wildman–Crippen MR) is 67.0 cm³/mol. The zero-order valence-corrected chi connectivity index (χ0v) is 10.3. The molecule has 0 aromatic heterocycles. The lowest BCUT2D eigenvalue weighted by Gasteiger charge is -2.23. The number of benzene rings is 1. The largest absolute Gasteiger partial charge is 0.490 e. The van der Waals surface area contributed by atoms with Crippen molar-refractivity contribution >= 4 is 11.6 Å². The van der Waals surface area contributed by atoms with E-state index in [9.17, 15) is 0 Å². The van der Waals surface area contributed by atoms with Gasteiger partial charge in [-0.2, -0.15) is 5.26 Å². The summed E-state index contributed by atoms with van der Waals surface area (Å²) in [5.74, 6) is 0.599. The smallest absolute Gasteiger partial charge is 0.138 e. The van der Waals surface area contributed by atoms with Crippen LogP contribution in [-0.4, -0.2) is 12.1 Å². The summed E-state index contributed by atoms with van der Waals surface area (Å²) in [6.45, 7) is 0.485. The van der Waals surface area contributed by atoms with Gasteiger partial charge in [-0.15, -0.1) is 0 Å². The zero-order valence-electron chi connectivity index (χ0n) is 9.58. The van der Waals surface area contributed by atoms with Gasteiger partial charge in [-0.1, -0.05) is 24.4 Å². The summed E-state index contributed by atoms with van der Waals surface area (Å²) in [6, 6.07) is 7.06. The molecule has 0 unspecified atom stereocenters. The molecule has 2 rings (SSSR count). The van der Waals surface area contributed by atoms with Crippen LogP contribution in [0.15, 0.2) is 18.2 Å². The minimum atomic E-state index is -0.211. The number of ether oxygens (including phenoxy) is 1. The van der Waals surface area contributed by atoms with Gasteiger partial charge in [0.1, 0.15) is 12.4 Å². The molecular weight excluding hydrogens is 236 g/mol. The van der Waals surface area contributed by atoms with Gasteiger partial charge < -0.3 is 10.5 Å². The Morgan fingerprint density at radius 2 is 2.12 bits per heavy atom. The van der Waals surface area contributed by atoms with Gasteiger partial charge in [-0.3, -0.25) is 0 Å². The average Bonchev–Trinajstić information content (AvgIpc) is 2.75. The molecule has 0 aliphatic heterocycles. The van der Waals surface area contributed by atoms with Crippen LogP contribution in [0.25, 0.3) is 0 Å². The Morgan fingerprint density at radius 1 is 1.41 bits per heavy atom. The maximum Gasteiger partial charge on any atom is 0.138 e. The Kier molecular flexibility index (Phi) is 3.56. The van der Waals surface area contributed by atoms with Gasteiger partial charge in [0.2, 0.25) is 0 Å². The fourth-order valence-corrected chi connectivity index (χ4v) is 2.37. The van der Waals surface area contributed by atoms with Gasteiger partial charge in [-0.25, -0.2) is 0 Å². The summed E-state index contributed by atoms with van der Waals surface area (Å²) in [6.07, 6.45) is 4.34. The van der Waals surface area contributed by atoms with Gasteiger partial charge in [0.05, 0.1) is 22.2 Å². The summed E-state index contributed by atoms with van der Waals surface area (Å²) in [4.78, 5) is 0. The average molecular weight is 251 g/mol. The van der Waals surface area contributed by atoms with E-state index in [4.69, 9.17) is 27.3 Å². The lowest BCUT2D eigenvalue weighted by atomic mass is 10.0. The van der Waals surface area contributed by atoms with Crippen LogP contribution in [0.1, 0.15) is 31.2 Å². The predicted octanol–water partition coefficient (Wildman–Crippen LogP) is 2.86. The monoisotopic (exact) mass is 250 g/mol. The number of rotatable bonds is 3. The number of hydrogen-bond acceptors (Lipinski definition) is 3. The van der Waals surface area contributed by atoms with Crippen molar-refractivity contribution in [2.75, 3.05) is 6.61 Å². The Morgan fingerprint density at radius 3 is 2.71 bits per heavy atom. The van der Waals surface area contributed by atoms with Crippen molar-refractivity contribution in [1.82, 2.24) is 0 Å². The molecule has 17 heavy (non-hydrogen) atoms. The maximum absolute atomic E-state index is 8.73. The van der Waals surface area contributed by atoms with Gasteiger partial charge >= 0.3 is 0 Å². The van der Waals surface area contributed by atoms with Crippen LogP contribution >= 0.6 is 11.6 Å². The second kappa shape index (κ2) is 4.95. The van der Waals surface area contributed by atoms with E-state index in [1.54, 1.807) is 18.2 Å². The van der Waals surface area contributed by atoms with E-state index < -0.39 is 0 Å². The van der Waals surface area contributed by atoms with E-state index in [0.29, 0.717) is 22.9 Å². The number of nitriles is 1. The quantitative estimate of drug-likeness (QED) is 0.897. The van der Waals surface area contributed by atoms with Crippen LogP contribution in [0.2, 0.25) is 5.02 Å². The lowest BCUT2D eigenvalue weighted by molar-refractivity contribution is 0.220. The molecule has 1 aliphatic carbocycles. The van der Waals surface area contributed by atoms with Gasteiger partial charge in [0.25, 0.3) is 0 Å². The van der Waals surface area contributed by atoms with Crippen LogP contribution in [0.4, 0.5) is 0 Å². The molecule has 0 saturated heterocycles. The molecular formula is C13H15ClN2O. The molecule has 0 spiro atoms. The zero-order chi connectivity index (χ0) is 12.3. The van der Waals surface area contributed by atoms with Crippen LogP contribution in [0.3, 0.4) is 0 Å². The molecule has 4 heteroatoms. The van der Waals surface area contributed by atoms with E-state index in [2.05, 4.69) is 0 Å².